The summed E-state index contributed by atoms with van der Waals surface area (Å²) in [5.41, 5.74) is 3.62. The summed E-state index contributed by atoms with van der Waals surface area (Å²) in [6, 6.07) is 10.9. The van der Waals surface area contributed by atoms with E-state index in [9.17, 15) is 14.4 Å². The van der Waals surface area contributed by atoms with E-state index in [2.05, 4.69) is 10.3 Å². The van der Waals surface area contributed by atoms with Crippen molar-refractivity contribution in [2.24, 2.45) is 0 Å². The van der Waals surface area contributed by atoms with Gasteiger partial charge < -0.3 is 10.3 Å². The molecule has 1 heterocycles. The van der Waals surface area contributed by atoms with Gasteiger partial charge in [-0.3, -0.25) is 9.59 Å². The summed E-state index contributed by atoms with van der Waals surface area (Å²) >= 11 is 0. The van der Waals surface area contributed by atoms with Crippen molar-refractivity contribution in [1.29, 1.82) is 0 Å². The van der Waals surface area contributed by atoms with Crippen molar-refractivity contribution in [3.05, 3.63) is 91.3 Å². The van der Waals surface area contributed by atoms with Crippen molar-refractivity contribution in [3.8, 4) is 5.69 Å². The fourth-order valence-corrected chi connectivity index (χ4v) is 2.88. The molecule has 0 fully saturated rings. The van der Waals surface area contributed by atoms with Gasteiger partial charge in [-0.1, -0.05) is 23.8 Å². The highest BCUT2D eigenvalue weighted by Gasteiger charge is 2.17. The number of benzene rings is 2. The molecule has 0 spiro atoms. The molecule has 3 aromatic rings. The lowest BCUT2D eigenvalue weighted by molar-refractivity contribution is 0.102. The van der Waals surface area contributed by atoms with Gasteiger partial charge >= 0.3 is 5.69 Å². The van der Waals surface area contributed by atoms with Gasteiger partial charge in [0.1, 0.15) is 5.56 Å². The van der Waals surface area contributed by atoms with E-state index in [1.54, 1.807) is 18.2 Å². The van der Waals surface area contributed by atoms with Crippen LogP contribution in [0, 0.1) is 27.7 Å². The molecule has 0 saturated carbocycles. The maximum absolute atomic E-state index is 12.8. The van der Waals surface area contributed by atoms with Gasteiger partial charge in [-0.25, -0.2) is 9.36 Å². The molecule has 0 saturated heterocycles. The van der Waals surface area contributed by atoms with Gasteiger partial charge in [-0.05, 0) is 62.6 Å². The Morgan fingerprint density at radius 1 is 0.926 bits per heavy atom. The number of aryl methyl sites for hydroxylation is 4. The molecule has 6 heteroatoms. The van der Waals surface area contributed by atoms with Crippen molar-refractivity contribution >= 4 is 11.6 Å². The van der Waals surface area contributed by atoms with Gasteiger partial charge in [0.2, 0.25) is 0 Å². The third-order valence-corrected chi connectivity index (χ3v) is 4.60. The van der Waals surface area contributed by atoms with Crippen LogP contribution in [0.2, 0.25) is 0 Å². The third kappa shape index (κ3) is 3.60. The topological polar surface area (TPSA) is 84.0 Å². The highest BCUT2D eigenvalue weighted by molar-refractivity contribution is 6.04. The van der Waals surface area contributed by atoms with Gasteiger partial charge in [0.15, 0.2) is 0 Å². The number of H-pyrrole nitrogens is 1. The van der Waals surface area contributed by atoms with E-state index in [4.69, 9.17) is 0 Å². The highest BCUT2D eigenvalue weighted by Crippen LogP contribution is 2.16. The molecular formula is C21H21N3O3. The van der Waals surface area contributed by atoms with Crippen LogP contribution in [0.5, 0.6) is 0 Å². The summed E-state index contributed by atoms with van der Waals surface area (Å²) in [4.78, 5) is 40.2. The maximum atomic E-state index is 12.8. The second-order valence-corrected chi connectivity index (χ2v) is 6.69. The van der Waals surface area contributed by atoms with E-state index in [0.717, 1.165) is 33.0 Å². The van der Waals surface area contributed by atoms with E-state index in [0.29, 0.717) is 11.4 Å². The number of carbonyl (C=O) groups excluding carboxylic acids is 1. The zero-order valence-electron chi connectivity index (χ0n) is 15.7. The molecule has 0 unspecified atom stereocenters. The van der Waals surface area contributed by atoms with E-state index >= 15 is 0 Å². The van der Waals surface area contributed by atoms with Crippen LogP contribution in [0.25, 0.3) is 5.69 Å². The first-order valence-corrected chi connectivity index (χ1v) is 8.59. The van der Waals surface area contributed by atoms with Crippen LogP contribution in [-0.2, 0) is 0 Å². The number of nitrogens with zero attached hydrogens (tertiary/aromatic N) is 1. The molecule has 0 atom stereocenters. The van der Waals surface area contributed by atoms with Gasteiger partial charge in [0.25, 0.3) is 11.5 Å². The summed E-state index contributed by atoms with van der Waals surface area (Å²) in [7, 11) is 0. The van der Waals surface area contributed by atoms with Crippen molar-refractivity contribution in [3.63, 3.8) is 0 Å². The molecule has 0 radical (unpaired) electrons. The average molecular weight is 363 g/mol. The average Bonchev–Trinajstić information content (AvgIpc) is 2.60. The second kappa shape index (κ2) is 7.07. The summed E-state index contributed by atoms with van der Waals surface area (Å²) < 4.78 is 0.976. The first-order valence-electron chi connectivity index (χ1n) is 8.59. The summed E-state index contributed by atoms with van der Waals surface area (Å²) in [6.45, 7) is 7.68. The molecule has 0 aliphatic carbocycles. The zero-order valence-corrected chi connectivity index (χ0v) is 15.7. The van der Waals surface area contributed by atoms with Crippen LogP contribution in [0.15, 0.2) is 52.2 Å². The van der Waals surface area contributed by atoms with Crippen LogP contribution < -0.4 is 16.6 Å². The number of aromatic amines is 1. The van der Waals surface area contributed by atoms with Crippen molar-refractivity contribution in [1.82, 2.24) is 9.55 Å². The lowest BCUT2D eigenvalue weighted by atomic mass is 10.1. The van der Waals surface area contributed by atoms with Crippen LogP contribution >= 0.6 is 0 Å². The van der Waals surface area contributed by atoms with E-state index in [-0.39, 0.29) is 5.56 Å². The Morgan fingerprint density at radius 2 is 1.67 bits per heavy atom. The Morgan fingerprint density at radius 3 is 2.33 bits per heavy atom. The van der Waals surface area contributed by atoms with Crippen LogP contribution in [-0.4, -0.2) is 15.5 Å². The minimum Gasteiger partial charge on any atom is -0.322 e. The molecule has 2 N–H and O–H groups in total. The molecule has 0 bridgehead atoms. The molecule has 2 aromatic carbocycles. The molecule has 0 aliphatic heterocycles. The predicted molar refractivity (Wildman–Crippen MR) is 106 cm³/mol. The number of carbonyl (C=O) groups is 1. The normalized spacial score (nSPS) is 10.7. The Kier molecular flexibility index (Phi) is 4.81. The number of hydrogen-bond acceptors (Lipinski definition) is 3. The minimum atomic E-state index is -0.663. The first kappa shape index (κ1) is 18.4. The minimum absolute atomic E-state index is 0.132. The smallest absolute Gasteiger partial charge is 0.322 e. The van der Waals surface area contributed by atoms with Crippen molar-refractivity contribution in [2.75, 3.05) is 5.32 Å². The van der Waals surface area contributed by atoms with Gasteiger partial charge in [0, 0.05) is 11.9 Å². The van der Waals surface area contributed by atoms with Gasteiger partial charge in [0.05, 0.1) is 5.69 Å². The molecular weight excluding hydrogens is 342 g/mol. The quantitative estimate of drug-likeness (QED) is 0.750. The van der Waals surface area contributed by atoms with Crippen LogP contribution in [0.3, 0.4) is 0 Å². The zero-order chi connectivity index (χ0) is 19.7. The first-order chi connectivity index (χ1) is 12.8. The standard InChI is InChI=1S/C21H21N3O3/c1-12-5-8-18(15(4)9-12)23-19(25)17-11-22-21(27)24(20(17)26)16-7-6-13(2)14(3)10-16/h5-11H,1-4H3,(H,22,27)(H,23,25). The highest BCUT2D eigenvalue weighted by atomic mass is 16.2. The number of anilines is 1. The summed E-state index contributed by atoms with van der Waals surface area (Å²) in [6.07, 6.45) is 1.15. The van der Waals surface area contributed by atoms with Gasteiger partial charge in [-0.2, -0.15) is 0 Å². The largest absolute Gasteiger partial charge is 0.333 e. The molecule has 0 aliphatic rings. The van der Waals surface area contributed by atoms with Crippen LogP contribution in [0.1, 0.15) is 32.6 Å². The molecule has 1 aromatic heterocycles. The third-order valence-electron chi connectivity index (χ3n) is 4.60. The molecule has 138 valence electrons. The summed E-state index contributed by atoms with van der Waals surface area (Å²) in [5, 5.41) is 2.74. The number of hydrogen-bond donors (Lipinski definition) is 2. The van der Waals surface area contributed by atoms with Gasteiger partial charge in [-0.15, -0.1) is 0 Å². The fraction of sp³-hybridized carbons (Fsp3) is 0.190. The van der Waals surface area contributed by atoms with E-state index in [1.165, 1.54) is 0 Å². The van der Waals surface area contributed by atoms with Crippen LogP contribution in [0.4, 0.5) is 5.69 Å². The van der Waals surface area contributed by atoms with Crippen molar-refractivity contribution < 1.29 is 4.79 Å². The Hall–Kier alpha value is -3.41. The Bertz CT molecular complexity index is 1160. The number of aromatic nitrogens is 2. The number of amides is 1. The predicted octanol–water partition coefficient (Wildman–Crippen LogP) is 3.01. The SMILES string of the molecule is Cc1ccc(NC(=O)c2c[nH]c(=O)n(-c3ccc(C)c(C)c3)c2=O)c(C)c1. The fourth-order valence-electron chi connectivity index (χ4n) is 2.88. The lowest BCUT2D eigenvalue weighted by Crippen LogP contribution is -2.38. The molecule has 27 heavy (non-hydrogen) atoms. The van der Waals surface area contributed by atoms with E-state index < -0.39 is 17.2 Å². The molecule has 3 rings (SSSR count). The molecule has 1 amide bonds. The van der Waals surface area contributed by atoms with Crippen molar-refractivity contribution in [2.45, 2.75) is 27.7 Å². The Labute approximate surface area is 156 Å². The Balaban J connectivity index is 2.04. The summed E-state index contributed by atoms with van der Waals surface area (Å²) in [5.74, 6) is -0.569. The lowest BCUT2D eigenvalue weighted by Gasteiger charge is -2.11. The molecule has 6 nitrogen and oxygen atoms in total. The maximum Gasteiger partial charge on any atom is 0.333 e. The second-order valence-electron chi connectivity index (χ2n) is 6.69. The number of nitrogens with one attached hydrogen (secondary N) is 2. The van der Waals surface area contributed by atoms with E-state index in [1.807, 2.05) is 45.9 Å². The monoisotopic (exact) mass is 363 g/mol. The number of rotatable bonds is 3.